The molecule has 2 aromatic carbocycles. The maximum atomic E-state index is 5.83. The van der Waals surface area contributed by atoms with Crippen molar-refractivity contribution >= 4 is 26.7 Å². The van der Waals surface area contributed by atoms with Gasteiger partial charge < -0.3 is 15.2 Å². The molecule has 2 N–H and O–H groups in total. The number of anilines is 1. The van der Waals surface area contributed by atoms with Gasteiger partial charge in [0.15, 0.2) is 16.6 Å². The Bertz CT molecular complexity index is 724. The summed E-state index contributed by atoms with van der Waals surface area (Å²) in [6, 6.07) is 13.2. The minimum Gasteiger partial charge on any atom is -0.493 e. The average Bonchev–Trinajstić information content (AvgIpc) is 2.79. The van der Waals surface area contributed by atoms with E-state index in [-0.39, 0.29) is 0 Å². The van der Waals surface area contributed by atoms with E-state index in [1.54, 1.807) is 7.11 Å². The molecule has 0 aliphatic carbocycles. The van der Waals surface area contributed by atoms with E-state index in [0.717, 1.165) is 16.0 Å². The number of para-hydroxylation sites is 2. The van der Waals surface area contributed by atoms with Crippen LogP contribution in [0.3, 0.4) is 0 Å². The van der Waals surface area contributed by atoms with Gasteiger partial charge in [0.05, 0.1) is 17.3 Å². The van der Waals surface area contributed by atoms with Crippen molar-refractivity contribution in [2.24, 2.45) is 0 Å². The van der Waals surface area contributed by atoms with Crippen LogP contribution in [0.15, 0.2) is 42.5 Å². The van der Waals surface area contributed by atoms with Crippen LogP contribution in [-0.2, 0) is 0 Å². The number of rotatable bonds is 3. The number of aromatic nitrogens is 1. The highest BCUT2D eigenvalue weighted by Gasteiger charge is 2.06. The summed E-state index contributed by atoms with van der Waals surface area (Å²) < 4.78 is 12.1. The van der Waals surface area contributed by atoms with Crippen molar-refractivity contribution in [3.05, 3.63) is 42.5 Å². The Labute approximate surface area is 114 Å². The van der Waals surface area contributed by atoms with Gasteiger partial charge >= 0.3 is 0 Å². The summed E-state index contributed by atoms with van der Waals surface area (Å²) in [6.07, 6.45) is 0. The van der Waals surface area contributed by atoms with Gasteiger partial charge in [-0.05, 0) is 24.3 Å². The third-order valence-electron chi connectivity index (χ3n) is 2.67. The lowest BCUT2D eigenvalue weighted by atomic mass is 10.3. The first-order chi connectivity index (χ1) is 9.26. The molecule has 0 saturated heterocycles. The Kier molecular flexibility index (Phi) is 2.97. The highest BCUT2D eigenvalue weighted by molar-refractivity contribution is 7.22. The lowest BCUT2D eigenvalue weighted by Crippen LogP contribution is -1.89. The van der Waals surface area contributed by atoms with Gasteiger partial charge in [0.2, 0.25) is 0 Å². The first-order valence-corrected chi connectivity index (χ1v) is 6.55. The van der Waals surface area contributed by atoms with Crippen molar-refractivity contribution in [1.29, 1.82) is 0 Å². The highest BCUT2D eigenvalue weighted by Crippen LogP contribution is 2.33. The number of benzene rings is 2. The number of nitrogens with two attached hydrogens (primary N) is 1. The number of hydrogen-bond donors (Lipinski definition) is 1. The third-order valence-corrected chi connectivity index (χ3v) is 3.52. The van der Waals surface area contributed by atoms with Gasteiger partial charge in [-0.15, -0.1) is 0 Å². The molecule has 3 rings (SSSR count). The number of fused-ring (bicyclic) bond motifs is 1. The second-order valence-electron chi connectivity index (χ2n) is 3.93. The molecule has 0 radical (unpaired) electrons. The van der Waals surface area contributed by atoms with E-state index in [2.05, 4.69) is 4.98 Å². The largest absolute Gasteiger partial charge is 0.493 e. The molecular weight excluding hydrogens is 260 g/mol. The van der Waals surface area contributed by atoms with Gasteiger partial charge in [-0.25, -0.2) is 4.98 Å². The number of ether oxygens (including phenoxy) is 2. The van der Waals surface area contributed by atoms with Gasteiger partial charge in [-0.3, -0.25) is 0 Å². The Morgan fingerprint density at radius 3 is 2.68 bits per heavy atom. The van der Waals surface area contributed by atoms with E-state index in [9.17, 15) is 0 Å². The Hall–Kier alpha value is -2.27. The molecule has 4 nitrogen and oxygen atoms in total. The fourth-order valence-electron chi connectivity index (χ4n) is 1.82. The molecule has 5 heteroatoms. The molecule has 0 saturated carbocycles. The van der Waals surface area contributed by atoms with E-state index in [1.807, 2.05) is 42.5 Å². The normalized spacial score (nSPS) is 10.6. The minimum atomic E-state index is 0.560. The van der Waals surface area contributed by atoms with Crippen molar-refractivity contribution in [2.45, 2.75) is 0 Å². The zero-order valence-electron chi connectivity index (χ0n) is 10.3. The molecule has 1 heterocycles. The smallest absolute Gasteiger partial charge is 0.181 e. The molecule has 0 atom stereocenters. The molecule has 19 heavy (non-hydrogen) atoms. The Balaban J connectivity index is 1.96. The molecule has 96 valence electrons. The van der Waals surface area contributed by atoms with Crippen LogP contribution >= 0.6 is 11.3 Å². The quantitative estimate of drug-likeness (QED) is 0.790. The van der Waals surface area contributed by atoms with Crippen LogP contribution in [0.4, 0.5) is 5.13 Å². The number of thiazole rings is 1. The van der Waals surface area contributed by atoms with Gasteiger partial charge in [0.1, 0.15) is 5.75 Å². The molecule has 0 spiro atoms. The van der Waals surface area contributed by atoms with Crippen LogP contribution in [0, 0.1) is 0 Å². The standard InChI is InChI=1S/C14H12N2O2S/c1-17-11-4-2-3-5-12(11)18-9-6-7-10-13(8-9)19-14(15)16-10/h2-8H,1H3,(H2,15,16). The predicted molar refractivity (Wildman–Crippen MR) is 77.1 cm³/mol. The highest BCUT2D eigenvalue weighted by atomic mass is 32.1. The molecule has 0 aliphatic heterocycles. The summed E-state index contributed by atoms with van der Waals surface area (Å²) in [5.74, 6) is 2.12. The van der Waals surface area contributed by atoms with Crippen molar-refractivity contribution in [3.8, 4) is 17.2 Å². The fraction of sp³-hybridized carbons (Fsp3) is 0.0714. The first kappa shape index (κ1) is 11.8. The maximum Gasteiger partial charge on any atom is 0.181 e. The van der Waals surface area contributed by atoms with Crippen molar-refractivity contribution in [1.82, 2.24) is 4.98 Å². The van der Waals surface area contributed by atoms with Gasteiger partial charge in [0, 0.05) is 6.07 Å². The molecular formula is C14H12N2O2S. The maximum absolute atomic E-state index is 5.83. The van der Waals surface area contributed by atoms with Crippen LogP contribution in [-0.4, -0.2) is 12.1 Å². The summed E-state index contributed by atoms with van der Waals surface area (Å²) in [5.41, 5.74) is 6.57. The van der Waals surface area contributed by atoms with Crippen LogP contribution in [0.1, 0.15) is 0 Å². The Morgan fingerprint density at radius 2 is 1.89 bits per heavy atom. The van der Waals surface area contributed by atoms with Crippen LogP contribution in [0.25, 0.3) is 10.2 Å². The van der Waals surface area contributed by atoms with Crippen molar-refractivity contribution < 1.29 is 9.47 Å². The lowest BCUT2D eigenvalue weighted by molar-refractivity contribution is 0.379. The summed E-state index contributed by atoms with van der Waals surface area (Å²) in [6.45, 7) is 0. The summed E-state index contributed by atoms with van der Waals surface area (Å²) in [5, 5.41) is 0.560. The monoisotopic (exact) mass is 272 g/mol. The summed E-state index contributed by atoms with van der Waals surface area (Å²) >= 11 is 1.44. The second kappa shape index (κ2) is 4.78. The number of hydrogen-bond acceptors (Lipinski definition) is 5. The van der Waals surface area contributed by atoms with Gasteiger partial charge in [-0.1, -0.05) is 23.5 Å². The topological polar surface area (TPSA) is 57.4 Å². The summed E-state index contributed by atoms with van der Waals surface area (Å²) in [4.78, 5) is 4.21. The van der Waals surface area contributed by atoms with Crippen LogP contribution in [0.2, 0.25) is 0 Å². The van der Waals surface area contributed by atoms with Crippen molar-refractivity contribution in [2.75, 3.05) is 12.8 Å². The van der Waals surface area contributed by atoms with E-state index < -0.39 is 0 Å². The van der Waals surface area contributed by atoms with Crippen LogP contribution < -0.4 is 15.2 Å². The Morgan fingerprint density at radius 1 is 1.11 bits per heavy atom. The lowest BCUT2D eigenvalue weighted by Gasteiger charge is -2.09. The minimum absolute atomic E-state index is 0.560. The van der Waals surface area contributed by atoms with Crippen LogP contribution in [0.5, 0.6) is 17.2 Å². The van der Waals surface area contributed by atoms with Gasteiger partial charge in [-0.2, -0.15) is 0 Å². The first-order valence-electron chi connectivity index (χ1n) is 5.73. The zero-order valence-corrected chi connectivity index (χ0v) is 11.1. The third kappa shape index (κ3) is 2.32. The summed E-state index contributed by atoms with van der Waals surface area (Å²) in [7, 11) is 1.62. The van der Waals surface area contributed by atoms with E-state index >= 15 is 0 Å². The molecule has 0 bridgehead atoms. The molecule has 0 unspecified atom stereocenters. The van der Waals surface area contributed by atoms with E-state index in [4.69, 9.17) is 15.2 Å². The van der Waals surface area contributed by atoms with E-state index in [0.29, 0.717) is 16.6 Å². The zero-order chi connectivity index (χ0) is 13.2. The van der Waals surface area contributed by atoms with E-state index in [1.165, 1.54) is 11.3 Å². The molecule has 0 aliphatic rings. The predicted octanol–water partition coefficient (Wildman–Crippen LogP) is 3.68. The molecule has 0 fully saturated rings. The SMILES string of the molecule is COc1ccccc1Oc1ccc2nc(N)sc2c1. The number of methoxy groups -OCH3 is 1. The van der Waals surface area contributed by atoms with Crippen molar-refractivity contribution in [3.63, 3.8) is 0 Å². The molecule has 1 aromatic heterocycles. The molecule has 3 aromatic rings. The molecule has 0 amide bonds. The number of nitrogens with zero attached hydrogens (tertiary/aromatic N) is 1. The second-order valence-corrected chi connectivity index (χ2v) is 5.00. The van der Waals surface area contributed by atoms with Gasteiger partial charge in [0.25, 0.3) is 0 Å². The average molecular weight is 272 g/mol. The number of nitrogen functional groups attached to an aromatic ring is 1. The fourth-order valence-corrected chi connectivity index (χ4v) is 2.58.